The molecule has 2 rings (SSSR count). The molecule has 0 aliphatic carbocycles. The van der Waals surface area contributed by atoms with Crippen molar-refractivity contribution in [2.24, 2.45) is 0 Å². The molecule has 0 spiro atoms. The Kier molecular flexibility index (Phi) is 1.99. The Morgan fingerprint density at radius 1 is 1.57 bits per heavy atom. The Morgan fingerprint density at radius 2 is 2.43 bits per heavy atom. The number of aromatic nitrogens is 4. The fourth-order valence-electron chi connectivity index (χ4n) is 1.19. The molecule has 0 unspecified atom stereocenters. The first-order valence-electron chi connectivity index (χ1n) is 4.19. The van der Waals surface area contributed by atoms with E-state index in [2.05, 4.69) is 20.4 Å². The van der Waals surface area contributed by atoms with E-state index in [1.165, 1.54) is 17.0 Å². The summed E-state index contributed by atoms with van der Waals surface area (Å²) in [5.41, 5.74) is 0.979. The summed E-state index contributed by atoms with van der Waals surface area (Å²) >= 11 is 0. The van der Waals surface area contributed by atoms with Crippen molar-refractivity contribution in [2.75, 3.05) is 11.9 Å². The van der Waals surface area contributed by atoms with Gasteiger partial charge in [0.2, 0.25) is 0 Å². The lowest BCUT2D eigenvalue weighted by Gasteiger charge is -2.01. The monoisotopic (exact) mass is 188 g/mol. The van der Waals surface area contributed by atoms with Gasteiger partial charge in [-0.1, -0.05) is 0 Å². The molecule has 70 valence electrons. The minimum atomic E-state index is 0.404. The molecule has 0 fully saturated rings. The second kappa shape index (κ2) is 3.30. The van der Waals surface area contributed by atoms with Crippen molar-refractivity contribution in [3.8, 4) is 6.07 Å². The Labute approximate surface area is 80.2 Å². The molecular weight excluding hydrogens is 180 g/mol. The second-order valence-electron chi connectivity index (χ2n) is 2.63. The van der Waals surface area contributed by atoms with Crippen molar-refractivity contribution >= 4 is 11.5 Å². The quantitative estimate of drug-likeness (QED) is 0.739. The molecule has 6 heteroatoms. The van der Waals surface area contributed by atoms with E-state index in [-0.39, 0.29) is 0 Å². The molecule has 0 radical (unpaired) electrons. The Morgan fingerprint density at radius 3 is 3.14 bits per heavy atom. The van der Waals surface area contributed by atoms with Crippen molar-refractivity contribution in [1.82, 2.24) is 19.6 Å². The van der Waals surface area contributed by atoms with E-state index in [4.69, 9.17) is 5.26 Å². The number of nitrogens with one attached hydrogen (secondary N) is 1. The molecule has 1 N–H and O–H groups in total. The van der Waals surface area contributed by atoms with Crippen molar-refractivity contribution in [3.05, 3.63) is 18.2 Å². The number of hydrogen-bond donors (Lipinski definition) is 1. The van der Waals surface area contributed by atoms with E-state index >= 15 is 0 Å². The van der Waals surface area contributed by atoms with Crippen LogP contribution in [0.5, 0.6) is 0 Å². The minimum Gasteiger partial charge on any atom is -0.367 e. The van der Waals surface area contributed by atoms with Crippen molar-refractivity contribution in [3.63, 3.8) is 0 Å². The lowest BCUT2D eigenvalue weighted by Crippen LogP contribution is -2.04. The highest BCUT2D eigenvalue weighted by Crippen LogP contribution is 2.11. The molecule has 0 amide bonds. The van der Waals surface area contributed by atoms with Crippen LogP contribution in [0.25, 0.3) is 5.65 Å². The maximum absolute atomic E-state index is 8.75. The number of rotatable bonds is 2. The normalized spacial score (nSPS) is 10.0. The summed E-state index contributed by atoms with van der Waals surface area (Å²) in [5.74, 6) is 0.643. The van der Waals surface area contributed by atoms with Gasteiger partial charge in [0.1, 0.15) is 12.4 Å². The molecule has 0 atom stereocenters. The summed E-state index contributed by atoms with van der Waals surface area (Å²) in [4.78, 5) is 8.09. The first-order chi connectivity index (χ1) is 6.86. The van der Waals surface area contributed by atoms with E-state index in [1.807, 2.05) is 13.0 Å². The standard InChI is InChI=1S/C8H8N6/c1-2-10-7-8-11-4-6(3-9)14(8)13-5-12-7/h4-5H,2H2,1H3,(H,10,12,13). The van der Waals surface area contributed by atoms with Gasteiger partial charge in [-0.15, -0.1) is 0 Å². The van der Waals surface area contributed by atoms with Gasteiger partial charge >= 0.3 is 0 Å². The first-order valence-corrected chi connectivity index (χ1v) is 4.19. The first kappa shape index (κ1) is 8.44. The summed E-state index contributed by atoms with van der Waals surface area (Å²) in [6.07, 6.45) is 2.87. The fraction of sp³-hybridized carbons (Fsp3) is 0.250. The van der Waals surface area contributed by atoms with E-state index < -0.39 is 0 Å². The van der Waals surface area contributed by atoms with Crippen LogP contribution < -0.4 is 5.32 Å². The maximum Gasteiger partial charge on any atom is 0.198 e. The number of fused-ring (bicyclic) bond motifs is 1. The minimum absolute atomic E-state index is 0.404. The molecular formula is C8H8N6. The summed E-state index contributed by atoms with van der Waals surface area (Å²) in [5, 5.41) is 15.7. The zero-order valence-electron chi connectivity index (χ0n) is 7.60. The Balaban J connectivity index is 2.65. The van der Waals surface area contributed by atoms with Crippen LogP contribution in [0.2, 0.25) is 0 Å². The molecule has 0 bridgehead atoms. The number of hydrogen-bond acceptors (Lipinski definition) is 5. The molecule has 2 aromatic rings. The van der Waals surface area contributed by atoms with Crippen molar-refractivity contribution in [2.45, 2.75) is 6.92 Å². The van der Waals surface area contributed by atoms with Crippen LogP contribution >= 0.6 is 0 Å². The van der Waals surface area contributed by atoms with Crippen LogP contribution in [-0.2, 0) is 0 Å². The van der Waals surface area contributed by atoms with Gasteiger partial charge in [0.05, 0.1) is 6.20 Å². The van der Waals surface area contributed by atoms with Crippen LogP contribution in [0.1, 0.15) is 12.6 Å². The van der Waals surface area contributed by atoms with Gasteiger partial charge in [0, 0.05) is 6.54 Å². The molecule has 0 aromatic carbocycles. The predicted octanol–water partition coefficient (Wildman–Crippen LogP) is 0.428. The summed E-state index contributed by atoms with van der Waals surface area (Å²) in [6, 6.07) is 2.00. The zero-order chi connectivity index (χ0) is 9.97. The zero-order valence-corrected chi connectivity index (χ0v) is 7.60. The number of nitriles is 1. The maximum atomic E-state index is 8.75. The lowest BCUT2D eigenvalue weighted by molar-refractivity contribution is 0.884. The second-order valence-corrected chi connectivity index (χ2v) is 2.63. The molecule has 0 aliphatic heterocycles. The van der Waals surface area contributed by atoms with Gasteiger partial charge in [0.15, 0.2) is 17.2 Å². The Hall–Kier alpha value is -2.16. The van der Waals surface area contributed by atoms with Gasteiger partial charge in [0.25, 0.3) is 0 Å². The number of anilines is 1. The average molecular weight is 188 g/mol. The van der Waals surface area contributed by atoms with Gasteiger partial charge in [-0.2, -0.15) is 14.9 Å². The predicted molar refractivity (Wildman–Crippen MR) is 49.7 cm³/mol. The topological polar surface area (TPSA) is 78.9 Å². The summed E-state index contributed by atoms with van der Waals surface area (Å²) < 4.78 is 1.46. The fourth-order valence-corrected chi connectivity index (χ4v) is 1.19. The third kappa shape index (κ3) is 1.15. The molecule has 14 heavy (non-hydrogen) atoms. The van der Waals surface area contributed by atoms with Gasteiger partial charge in [-0.25, -0.2) is 9.97 Å². The van der Waals surface area contributed by atoms with Crippen LogP contribution in [0, 0.1) is 11.3 Å². The third-order valence-corrected chi connectivity index (χ3v) is 1.76. The third-order valence-electron chi connectivity index (χ3n) is 1.76. The lowest BCUT2D eigenvalue weighted by atomic mass is 10.5. The van der Waals surface area contributed by atoms with Crippen LogP contribution in [0.4, 0.5) is 5.82 Å². The van der Waals surface area contributed by atoms with Crippen LogP contribution in [0.3, 0.4) is 0 Å². The van der Waals surface area contributed by atoms with Crippen LogP contribution in [0.15, 0.2) is 12.5 Å². The number of nitrogens with zero attached hydrogens (tertiary/aromatic N) is 5. The SMILES string of the molecule is CCNc1ncnn2c(C#N)cnc12. The molecule has 2 heterocycles. The highest BCUT2D eigenvalue weighted by Gasteiger charge is 2.07. The largest absolute Gasteiger partial charge is 0.367 e. The smallest absolute Gasteiger partial charge is 0.198 e. The summed E-state index contributed by atoms with van der Waals surface area (Å²) in [7, 11) is 0. The average Bonchev–Trinajstić information content (AvgIpc) is 2.62. The van der Waals surface area contributed by atoms with Crippen molar-refractivity contribution < 1.29 is 0 Å². The molecule has 0 saturated carbocycles. The van der Waals surface area contributed by atoms with E-state index in [0.29, 0.717) is 17.2 Å². The molecule has 0 aliphatic rings. The van der Waals surface area contributed by atoms with E-state index in [1.54, 1.807) is 0 Å². The number of imidazole rings is 1. The highest BCUT2D eigenvalue weighted by atomic mass is 15.3. The van der Waals surface area contributed by atoms with E-state index in [9.17, 15) is 0 Å². The highest BCUT2D eigenvalue weighted by molar-refractivity contribution is 5.62. The Bertz CT molecular complexity index is 494. The molecule has 0 saturated heterocycles. The van der Waals surface area contributed by atoms with E-state index in [0.717, 1.165) is 6.54 Å². The molecule has 2 aromatic heterocycles. The van der Waals surface area contributed by atoms with Gasteiger partial charge < -0.3 is 5.32 Å². The van der Waals surface area contributed by atoms with Crippen molar-refractivity contribution in [1.29, 1.82) is 5.26 Å². The van der Waals surface area contributed by atoms with Gasteiger partial charge in [-0.3, -0.25) is 0 Å². The molecule has 6 nitrogen and oxygen atoms in total. The van der Waals surface area contributed by atoms with Gasteiger partial charge in [-0.05, 0) is 6.92 Å². The van der Waals surface area contributed by atoms with Crippen LogP contribution in [-0.4, -0.2) is 26.1 Å². The summed E-state index contributed by atoms with van der Waals surface area (Å²) in [6.45, 7) is 2.72.